The molecule has 0 bridgehead atoms. The lowest BCUT2D eigenvalue weighted by molar-refractivity contribution is 0.0428. The standard InChI is InChI=1S/C20H13NO5/c22-16-11-19(25-17-9-5-4-8-15(16)17)20(23)24-12-14-10-18(26-21-14)13-6-2-1-3-7-13/h1-11H,12H2. The second kappa shape index (κ2) is 6.68. The van der Waals surface area contributed by atoms with Crippen LogP contribution in [0.15, 0.2) is 80.5 Å². The number of hydrogen-bond acceptors (Lipinski definition) is 6. The number of carbonyl (C=O) groups is 1. The van der Waals surface area contributed by atoms with Crippen molar-refractivity contribution in [1.82, 2.24) is 5.16 Å². The average molecular weight is 347 g/mol. The maximum absolute atomic E-state index is 12.2. The predicted molar refractivity (Wildman–Crippen MR) is 93.5 cm³/mol. The zero-order valence-corrected chi connectivity index (χ0v) is 13.5. The van der Waals surface area contributed by atoms with E-state index in [9.17, 15) is 9.59 Å². The molecule has 0 saturated carbocycles. The summed E-state index contributed by atoms with van der Waals surface area (Å²) in [5.74, 6) is -0.313. The molecule has 0 spiro atoms. The van der Waals surface area contributed by atoms with Crippen LogP contribution >= 0.6 is 0 Å². The van der Waals surface area contributed by atoms with E-state index < -0.39 is 5.97 Å². The van der Waals surface area contributed by atoms with Gasteiger partial charge in [-0.05, 0) is 12.1 Å². The Kier molecular flexibility index (Phi) is 4.07. The Labute approximate surface area is 147 Å². The normalized spacial score (nSPS) is 10.8. The summed E-state index contributed by atoms with van der Waals surface area (Å²) < 4.78 is 15.9. The van der Waals surface area contributed by atoms with Crippen LogP contribution in [0.25, 0.3) is 22.3 Å². The molecule has 0 aliphatic carbocycles. The van der Waals surface area contributed by atoms with Gasteiger partial charge in [-0.1, -0.05) is 47.6 Å². The number of aromatic nitrogens is 1. The van der Waals surface area contributed by atoms with Crippen molar-refractivity contribution in [2.24, 2.45) is 0 Å². The smallest absolute Gasteiger partial charge is 0.374 e. The van der Waals surface area contributed by atoms with E-state index in [4.69, 9.17) is 13.7 Å². The van der Waals surface area contributed by atoms with Gasteiger partial charge in [0.1, 0.15) is 17.9 Å². The SMILES string of the molecule is O=C(OCc1cc(-c2ccccc2)on1)c1cc(=O)c2ccccc2o1. The third-order valence-corrected chi connectivity index (χ3v) is 3.80. The number of benzene rings is 2. The number of carbonyl (C=O) groups excluding carboxylic acids is 1. The van der Waals surface area contributed by atoms with E-state index in [0.29, 0.717) is 22.4 Å². The number of fused-ring (bicyclic) bond motifs is 1. The van der Waals surface area contributed by atoms with Crippen LogP contribution in [-0.4, -0.2) is 11.1 Å². The molecule has 0 fully saturated rings. The van der Waals surface area contributed by atoms with Crippen LogP contribution in [-0.2, 0) is 11.3 Å². The molecule has 0 amide bonds. The number of rotatable bonds is 4. The van der Waals surface area contributed by atoms with Crippen LogP contribution in [0.3, 0.4) is 0 Å². The van der Waals surface area contributed by atoms with Gasteiger partial charge in [0.05, 0.1) is 5.39 Å². The van der Waals surface area contributed by atoms with E-state index in [-0.39, 0.29) is 17.8 Å². The monoisotopic (exact) mass is 347 g/mol. The highest BCUT2D eigenvalue weighted by Crippen LogP contribution is 2.20. The van der Waals surface area contributed by atoms with E-state index in [0.717, 1.165) is 11.6 Å². The number of ether oxygens (including phenoxy) is 1. The maximum atomic E-state index is 12.2. The van der Waals surface area contributed by atoms with Gasteiger partial charge in [0.25, 0.3) is 0 Å². The first kappa shape index (κ1) is 15.8. The second-order valence-corrected chi connectivity index (χ2v) is 5.60. The summed E-state index contributed by atoms with van der Waals surface area (Å²) >= 11 is 0. The van der Waals surface area contributed by atoms with Crippen molar-refractivity contribution in [3.63, 3.8) is 0 Å². The zero-order valence-electron chi connectivity index (χ0n) is 13.5. The van der Waals surface area contributed by atoms with Crippen molar-refractivity contribution in [1.29, 1.82) is 0 Å². The Morgan fingerprint density at radius 3 is 2.62 bits per heavy atom. The van der Waals surface area contributed by atoms with Crippen molar-refractivity contribution in [2.75, 3.05) is 0 Å². The van der Waals surface area contributed by atoms with E-state index in [2.05, 4.69) is 5.16 Å². The Balaban J connectivity index is 1.49. The first-order valence-corrected chi connectivity index (χ1v) is 7.92. The van der Waals surface area contributed by atoms with Crippen molar-refractivity contribution in [2.45, 2.75) is 6.61 Å². The molecule has 128 valence electrons. The van der Waals surface area contributed by atoms with E-state index in [1.807, 2.05) is 30.3 Å². The quantitative estimate of drug-likeness (QED) is 0.522. The Hall–Kier alpha value is -3.67. The van der Waals surface area contributed by atoms with E-state index in [1.54, 1.807) is 30.3 Å². The minimum Gasteiger partial charge on any atom is -0.453 e. The minimum atomic E-state index is -0.739. The summed E-state index contributed by atoms with van der Waals surface area (Å²) in [4.78, 5) is 24.2. The number of hydrogen-bond donors (Lipinski definition) is 0. The van der Waals surface area contributed by atoms with Crippen molar-refractivity contribution >= 4 is 16.9 Å². The van der Waals surface area contributed by atoms with Crippen LogP contribution < -0.4 is 5.43 Å². The molecule has 4 aromatic rings. The fraction of sp³-hybridized carbons (Fsp3) is 0.0500. The molecule has 0 radical (unpaired) electrons. The maximum Gasteiger partial charge on any atom is 0.374 e. The fourth-order valence-corrected chi connectivity index (χ4v) is 2.53. The summed E-state index contributed by atoms with van der Waals surface area (Å²) in [7, 11) is 0. The molecule has 0 aliphatic rings. The lowest BCUT2D eigenvalue weighted by Gasteiger charge is -2.03. The second-order valence-electron chi connectivity index (χ2n) is 5.60. The fourth-order valence-electron chi connectivity index (χ4n) is 2.53. The molecule has 6 heteroatoms. The first-order chi connectivity index (χ1) is 12.7. The Morgan fingerprint density at radius 2 is 1.77 bits per heavy atom. The third kappa shape index (κ3) is 3.12. The molecule has 0 atom stereocenters. The van der Waals surface area contributed by atoms with Crippen molar-refractivity contribution in [3.05, 3.63) is 88.4 Å². The summed E-state index contributed by atoms with van der Waals surface area (Å²) in [6, 6.07) is 19.0. The molecule has 0 aliphatic heterocycles. The van der Waals surface area contributed by atoms with Crippen LogP contribution in [0.4, 0.5) is 0 Å². The average Bonchev–Trinajstić information content (AvgIpc) is 3.16. The molecule has 2 aromatic carbocycles. The predicted octanol–water partition coefficient (Wildman–Crippen LogP) is 3.81. The van der Waals surface area contributed by atoms with Crippen LogP contribution in [0.1, 0.15) is 16.2 Å². The van der Waals surface area contributed by atoms with Crippen molar-refractivity contribution in [3.8, 4) is 11.3 Å². The zero-order chi connectivity index (χ0) is 17.9. The molecule has 2 aromatic heterocycles. The van der Waals surface area contributed by atoms with E-state index >= 15 is 0 Å². The molecule has 4 rings (SSSR count). The van der Waals surface area contributed by atoms with Crippen LogP contribution in [0, 0.1) is 0 Å². The Bertz CT molecular complexity index is 1130. The number of para-hydroxylation sites is 1. The first-order valence-electron chi connectivity index (χ1n) is 7.92. The van der Waals surface area contributed by atoms with Gasteiger partial charge in [-0.2, -0.15) is 0 Å². The molecular formula is C20H13NO5. The lowest BCUT2D eigenvalue weighted by atomic mass is 10.2. The number of nitrogens with zero attached hydrogens (tertiary/aromatic N) is 1. The van der Waals surface area contributed by atoms with Crippen LogP contribution in [0.2, 0.25) is 0 Å². The van der Waals surface area contributed by atoms with Gasteiger partial charge in [-0.3, -0.25) is 4.79 Å². The van der Waals surface area contributed by atoms with Crippen LogP contribution in [0.5, 0.6) is 0 Å². The highest BCUT2D eigenvalue weighted by atomic mass is 16.5. The Morgan fingerprint density at radius 1 is 1.00 bits per heavy atom. The van der Waals surface area contributed by atoms with Gasteiger partial charge in [0, 0.05) is 17.7 Å². The third-order valence-electron chi connectivity index (χ3n) is 3.80. The summed E-state index contributed by atoms with van der Waals surface area (Å²) in [5, 5.41) is 4.29. The highest BCUT2D eigenvalue weighted by Gasteiger charge is 2.15. The molecule has 0 unspecified atom stereocenters. The largest absolute Gasteiger partial charge is 0.453 e. The molecule has 2 heterocycles. The molecular weight excluding hydrogens is 334 g/mol. The molecule has 26 heavy (non-hydrogen) atoms. The van der Waals surface area contributed by atoms with Gasteiger partial charge >= 0.3 is 5.97 Å². The summed E-state index contributed by atoms with van der Waals surface area (Å²) in [6.07, 6.45) is 0. The minimum absolute atomic E-state index is 0.0916. The molecule has 0 saturated heterocycles. The van der Waals surface area contributed by atoms with Gasteiger partial charge < -0.3 is 13.7 Å². The highest BCUT2D eigenvalue weighted by molar-refractivity contribution is 5.88. The van der Waals surface area contributed by atoms with Gasteiger partial charge in [-0.25, -0.2) is 4.79 Å². The molecule has 6 nitrogen and oxygen atoms in total. The van der Waals surface area contributed by atoms with Gasteiger partial charge in [-0.15, -0.1) is 0 Å². The number of esters is 1. The van der Waals surface area contributed by atoms with Crippen molar-refractivity contribution < 1.29 is 18.5 Å². The van der Waals surface area contributed by atoms with Gasteiger partial charge in [0.2, 0.25) is 5.76 Å². The summed E-state index contributed by atoms with van der Waals surface area (Å²) in [6.45, 7) is -0.0916. The van der Waals surface area contributed by atoms with Gasteiger partial charge in [0.15, 0.2) is 11.2 Å². The lowest BCUT2D eigenvalue weighted by Crippen LogP contribution is -2.10. The topological polar surface area (TPSA) is 82.5 Å². The van der Waals surface area contributed by atoms with E-state index in [1.165, 1.54) is 0 Å². The molecule has 0 N–H and O–H groups in total. The summed E-state index contributed by atoms with van der Waals surface area (Å²) in [5.41, 5.74) is 1.37.